The first kappa shape index (κ1) is 24.5. The molecule has 0 saturated heterocycles. The van der Waals surface area contributed by atoms with E-state index in [1.54, 1.807) is 44.4 Å². The molecule has 0 saturated carbocycles. The second-order valence-corrected chi connectivity index (χ2v) is 8.33. The number of amides is 1. The highest BCUT2D eigenvalue weighted by Gasteiger charge is 2.28. The van der Waals surface area contributed by atoms with Crippen molar-refractivity contribution in [2.45, 2.75) is 31.9 Å². The normalized spacial score (nSPS) is 11.9. The number of nitrogens with zero attached hydrogens (tertiary/aromatic N) is 3. The van der Waals surface area contributed by atoms with E-state index in [9.17, 15) is 22.4 Å². The Balaban J connectivity index is 1.76. The average Bonchev–Trinajstić information content (AvgIpc) is 3.20. The molecule has 6 nitrogen and oxygen atoms in total. The van der Waals surface area contributed by atoms with E-state index >= 15 is 0 Å². The minimum atomic E-state index is -3.86. The molecule has 182 valence electrons. The number of hydrogen-bond donors (Lipinski definition) is 1. The van der Waals surface area contributed by atoms with Gasteiger partial charge in [-0.1, -0.05) is 6.07 Å². The number of fused-ring (bicyclic) bond motifs is 1. The summed E-state index contributed by atoms with van der Waals surface area (Å²) in [5.74, 6) is -1.14. The minimum absolute atomic E-state index is 0.165. The first-order valence-corrected chi connectivity index (χ1v) is 10.8. The summed E-state index contributed by atoms with van der Waals surface area (Å²) in [7, 11) is 0. The van der Waals surface area contributed by atoms with E-state index in [4.69, 9.17) is 11.6 Å². The number of hydrogen-bond acceptors (Lipinski definition) is 4. The van der Waals surface area contributed by atoms with E-state index in [2.05, 4.69) is 20.0 Å². The number of carbonyl (C=O) groups excluding carboxylic acids is 1. The molecule has 11 heteroatoms. The predicted octanol–water partition coefficient (Wildman–Crippen LogP) is 7.04. The van der Waals surface area contributed by atoms with E-state index in [-0.39, 0.29) is 22.9 Å². The van der Waals surface area contributed by atoms with Gasteiger partial charge in [0.25, 0.3) is 12.3 Å². The van der Waals surface area contributed by atoms with Crippen molar-refractivity contribution in [3.05, 3.63) is 72.3 Å². The van der Waals surface area contributed by atoms with E-state index < -0.39 is 23.7 Å². The molecule has 0 unspecified atom stereocenters. The third-order valence-electron chi connectivity index (χ3n) is 5.10. The highest BCUT2D eigenvalue weighted by molar-refractivity contribution is 6.20. The van der Waals surface area contributed by atoms with Gasteiger partial charge in [0.15, 0.2) is 5.82 Å². The lowest BCUT2D eigenvalue weighted by Gasteiger charge is -2.16. The van der Waals surface area contributed by atoms with Gasteiger partial charge in [0.2, 0.25) is 0 Å². The number of rotatable bonds is 7. The van der Waals surface area contributed by atoms with E-state index in [1.165, 1.54) is 34.9 Å². The Morgan fingerprint density at radius 2 is 1.86 bits per heavy atom. The first-order valence-electron chi connectivity index (χ1n) is 10.4. The number of pyridine rings is 1. The Labute approximate surface area is 202 Å². The second-order valence-electron chi connectivity index (χ2n) is 7.89. The number of imidazole rings is 1. The molecule has 0 aliphatic carbocycles. The zero-order valence-electron chi connectivity index (χ0n) is 18.5. The summed E-state index contributed by atoms with van der Waals surface area (Å²) in [5, 5.41) is 2.65. The maximum absolute atomic E-state index is 13.8. The van der Waals surface area contributed by atoms with E-state index in [0.29, 0.717) is 22.3 Å². The summed E-state index contributed by atoms with van der Waals surface area (Å²) in [6.45, 7) is 3.54. The van der Waals surface area contributed by atoms with Gasteiger partial charge in [0.1, 0.15) is 5.75 Å². The van der Waals surface area contributed by atoms with Crippen molar-refractivity contribution < 1.29 is 27.1 Å². The third-order valence-corrected chi connectivity index (χ3v) is 5.18. The molecule has 0 aliphatic rings. The van der Waals surface area contributed by atoms with Gasteiger partial charge in [-0.25, -0.2) is 13.8 Å². The van der Waals surface area contributed by atoms with Crippen molar-refractivity contribution in [2.75, 3.05) is 5.32 Å². The van der Waals surface area contributed by atoms with Crippen LogP contribution in [0.1, 0.15) is 42.5 Å². The molecule has 0 radical (unpaired) electrons. The van der Waals surface area contributed by atoms with Gasteiger partial charge in [-0.15, -0.1) is 8.78 Å². The summed E-state index contributed by atoms with van der Waals surface area (Å²) in [4.78, 5) is 21.3. The van der Waals surface area contributed by atoms with Crippen LogP contribution in [-0.2, 0) is 0 Å². The molecule has 0 fully saturated rings. The Morgan fingerprint density at radius 3 is 2.43 bits per heavy atom. The van der Waals surface area contributed by atoms with Crippen LogP contribution in [-0.4, -0.2) is 26.0 Å². The maximum Gasteiger partial charge on any atom is 0.487 e. The average molecular weight is 507 g/mol. The van der Waals surface area contributed by atoms with Crippen molar-refractivity contribution >= 4 is 34.2 Å². The predicted molar refractivity (Wildman–Crippen MR) is 124 cm³/mol. The Kier molecular flexibility index (Phi) is 6.66. The van der Waals surface area contributed by atoms with Gasteiger partial charge in [-0.3, -0.25) is 9.78 Å². The summed E-state index contributed by atoms with van der Waals surface area (Å²) in [6.07, 6.45) is 0.335. The van der Waals surface area contributed by atoms with Crippen LogP contribution in [0.4, 0.5) is 23.2 Å². The molecule has 35 heavy (non-hydrogen) atoms. The number of halogens is 5. The van der Waals surface area contributed by atoms with Crippen LogP contribution in [0.5, 0.6) is 5.75 Å². The highest BCUT2D eigenvalue weighted by Crippen LogP contribution is 2.35. The Bertz CT molecular complexity index is 1350. The second kappa shape index (κ2) is 9.53. The standard InChI is InChI=1S/C24H19ClF4N4O2/c1-13(2)33-20-18(14-4-3-9-30-12-14)10-15(11-19(20)32-22(33)21(26)27)23(34)31-16-5-7-17(8-6-16)35-24(25,28)29/h3-13,21H,1-2H3,(H,31,34). The Hall–Kier alpha value is -3.66. The number of nitrogens with one attached hydrogen (secondary N) is 1. The van der Waals surface area contributed by atoms with Gasteiger partial charge in [-0.05, 0) is 56.3 Å². The number of alkyl halides is 5. The molecule has 4 rings (SSSR count). The van der Waals surface area contributed by atoms with Gasteiger partial charge in [0.05, 0.1) is 11.0 Å². The smallest absolute Gasteiger partial charge is 0.420 e. The van der Waals surface area contributed by atoms with Crippen LogP contribution >= 0.6 is 11.6 Å². The van der Waals surface area contributed by atoms with Crippen molar-refractivity contribution in [1.29, 1.82) is 0 Å². The number of ether oxygens (including phenoxy) is 1. The molecule has 1 N–H and O–H groups in total. The van der Waals surface area contributed by atoms with Crippen molar-refractivity contribution in [3.8, 4) is 16.9 Å². The fourth-order valence-corrected chi connectivity index (χ4v) is 3.83. The molecular weight excluding hydrogens is 488 g/mol. The molecule has 2 heterocycles. The molecule has 0 atom stereocenters. The van der Waals surface area contributed by atoms with Gasteiger partial charge in [0, 0.05) is 52.4 Å². The molecule has 2 aromatic heterocycles. The zero-order chi connectivity index (χ0) is 25.3. The van der Waals surface area contributed by atoms with E-state index in [0.717, 1.165) is 0 Å². The van der Waals surface area contributed by atoms with Gasteiger partial charge < -0.3 is 14.6 Å². The lowest BCUT2D eigenvalue weighted by Crippen LogP contribution is -2.16. The molecule has 1 amide bonds. The fraction of sp³-hybridized carbons (Fsp3) is 0.208. The number of anilines is 1. The van der Waals surface area contributed by atoms with Gasteiger partial charge in [-0.2, -0.15) is 0 Å². The third kappa shape index (κ3) is 5.37. The summed E-state index contributed by atoms with van der Waals surface area (Å²) in [5.41, 5.74) is -1.57. The number of benzene rings is 2. The van der Waals surface area contributed by atoms with Crippen LogP contribution in [0, 0.1) is 0 Å². The largest absolute Gasteiger partial charge is 0.487 e. The SMILES string of the molecule is CC(C)n1c(C(F)F)nc2cc(C(=O)Nc3ccc(OC(F)(F)Cl)cc3)cc(-c3cccnc3)c21. The quantitative estimate of drug-likeness (QED) is 0.216. The summed E-state index contributed by atoms with van der Waals surface area (Å²) >= 11 is 4.75. The topological polar surface area (TPSA) is 69.0 Å². The molecule has 2 aromatic carbocycles. The van der Waals surface area contributed by atoms with Crippen LogP contribution < -0.4 is 10.1 Å². The van der Waals surface area contributed by atoms with Crippen LogP contribution in [0.2, 0.25) is 0 Å². The van der Waals surface area contributed by atoms with Crippen LogP contribution in [0.25, 0.3) is 22.2 Å². The minimum Gasteiger partial charge on any atom is -0.420 e. The molecule has 4 aromatic rings. The molecule has 0 aliphatic heterocycles. The van der Waals surface area contributed by atoms with Crippen molar-refractivity contribution in [3.63, 3.8) is 0 Å². The molecular formula is C24H19ClF4N4O2. The van der Waals surface area contributed by atoms with Gasteiger partial charge >= 0.3 is 5.57 Å². The summed E-state index contributed by atoms with van der Waals surface area (Å²) in [6, 6.07) is 11.3. The Morgan fingerprint density at radius 1 is 1.14 bits per heavy atom. The molecule has 0 spiro atoms. The van der Waals surface area contributed by atoms with Crippen LogP contribution in [0.15, 0.2) is 60.9 Å². The number of aromatic nitrogens is 3. The first-order chi connectivity index (χ1) is 16.5. The maximum atomic E-state index is 13.8. The van der Waals surface area contributed by atoms with Crippen molar-refractivity contribution in [1.82, 2.24) is 14.5 Å². The lowest BCUT2D eigenvalue weighted by molar-refractivity contribution is -0.0964. The van der Waals surface area contributed by atoms with Crippen LogP contribution in [0.3, 0.4) is 0 Å². The monoisotopic (exact) mass is 506 g/mol. The zero-order valence-corrected chi connectivity index (χ0v) is 19.2. The fourth-order valence-electron chi connectivity index (χ4n) is 3.74. The van der Waals surface area contributed by atoms with Crippen molar-refractivity contribution in [2.24, 2.45) is 0 Å². The molecule has 0 bridgehead atoms. The van der Waals surface area contributed by atoms with E-state index in [1.807, 2.05) is 0 Å². The summed E-state index contributed by atoms with van der Waals surface area (Å²) < 4.78 is 58.9. The lowest BCUT2D eigenvalue weighted by atomic mass is 10.0. The number of carbonyl (C=O) groups is 1. The highest BCUT2D eigenvalue weighted by atomic mass is 35.5.